The predicted molar refractivity (Wildman–Crippen MR) is 96.4 cm³/mol. The van der Waals surface area contributed by atoms with E-state index >= 15 is 0 Å². The Bertz CT molecular complexity index is 365. The molecule has 0 spiro atoms. The Labute approximate surface area is 129 Å². The lowest BCUT2D eigenvalue weighted by molar-refractivity contribution is 0.674. The zero-order chi connectivity index (χ0) is 14.1. The lowest BCUT2D eigenvalue weighted by atomic mass is 10.2. The highest BCUT2D eigenvalue weighted by Crippen LogP contribution is 2.49. The van der Waals surface area contributed by atoms with Gasteiger partial charge in [-0.25, -0.2) is 0 Å². The first-order valence-electron chi connectivity index (χ1n) is 7.56. The van der Waals surface area contributed by atoms with Gasteiger partial charge in [0, 0.05) is 8.41 Å². The van der Waals surface area contributed by atoms with Crippen LogP contribution in [0.4, 0.5) is 0 Å². The second-order valence-corrected chi connectivity index (χ2v) is 9.01. The molecular formula is C18H29BP. The summed E-state index contributed by atoms with van der Waals surface area (Å²) >= 11 is 0. The Morgan fingerprint density at radius 3 is 2.20 bits per heavy atom. The van der Waals surface area contributed by atoms with Crippen molar-refractivity contribution in [3.05, 3.63) is 42.2 Å². The third-order valence-corrected chi connectivity index (χ3v) is 6.04. The number of unbranched alkanes of at least 4 members (excludes halogenated alkanes) is 4. The van der Waals surface area contributed by atoms with Crippen LogP contribution in [0.3, 0.4) is 0 Å². The molecular weight excluding hydrogens is 258 g/mol. The largest absolute Gasteiger partial charge is 0.0837 e. The summed E-state index contributed by atoms with van der Waals surface area (Å²) in [7, 11) is -0.202. The minimum atomic E-state index is -0.202. The number of rotatable bonds is 7. The van der Waals surface area contributed by atoms with Gasteiger partial charge in [-0.2, -0.15) is 0 Å². The molecule has 1 aromatic rings. The van der Waals surface area contributed by atoms with Gasteiger partial charge >= 0.3 is 0 Å². The van der Waals surface area contributed by atoms with Crippen LogP contribution in [0.2, 0.25) is 0 Å². The van der Waals surface area contributed by atoms with E-state index < -0.39 is 0 Å². The van der Waals surface area contributed by atoms with Crippen LogP contribution >= 0.6 is 7.92 Å². The van der Waals surface area contributed by atoms with Gasteiger partial charge in [-0.15, -0.1) is 0 Å². The molecule has 0 aromatic heterocycles. The predicted octanol–water partition coefficient (Wildman–Crippen LogP) is 5.70. The van der Waals surface area contributed by atoms with Crippen LogP contribution in [0, 0.1) is 0 Å². The second-order valence-electron chi connectivity index (χ2n) is 6.11. The van der Waals surface area contributed by atoms with E-state index in [0.29, 0.717) is 5.16 Å². The van der Waals surface area contributed by atoms with Crippen LogP contribution in [-0.4, -0.2) is 13.6 Å². The average molecular weight is 287 g/mol. The van der Waals surface area contributed by atoms with E-state index in [1.54, 1.807) is 0 Å². The van der Waals surface area contributed by atoms with Gasteiger partial charge in [-0.1, -0.05) is 89.2 Å². The Hall–Kier alpha value is -0.545. The topological polar surface area (TPSA) is 0 Å². The average Bonchev–Trinajstić information content (AvgIpc) is 2.37. The van der Waals surface area contributed by atoms with Gasteiger partial charge in [0.2, 0.25) is 0 Å². The maximum Gasteiger partial charge on any atom is 0 e. The van der Waals surface area contributed by atoms with Gasteiger partial charge in [-0.3, -0.25) is 0 Å². The number of allylic oxidation sites excluding steroid dienone is 1. The highest BCUT2D eigenvalue weighted by atomic mass is 31.1. The molecule has 0 aliphatic carbocycles. The molecule has 0 saturated carbocycles. The fraction of sp³-hybridized carbons (Fsp3) is 0.556. The molecule has 0 nitrogen and oxygen atoms in total. The molecule has 0 N–H and O–H groups in total. The fourth-order valence-electron chi connectivity index (χ4n) is 2.15. The molecule has 0 heterocycles. The molecule has 2 heteroatoms. The summed E-state index contributed by atoms with van der Waals surface area (Å²) in [5, 5.41) is 1.84. The molecule has 0 aliphatic rings. The van der Waals surface area contributed by atoms with Gasteiger partial charge in [0.05, 0.1) is 0 Å². The quantitative estimate of drug-likeness (QED) is 0.343. The number of hydrogen-bond acceptors (Lipinski definition) is 0. The molecule has 0 bridgehead atoms. The standard InChI is InChI=1S/C18H29P.B/c1-5-6-7-8-9-13-16-19(18(2,3)4)17-14-11-10-12-15-17;/h10-16H,5-9H2,1-4H3;/b16-13-;. The van der Waals surface area contributed by atoms with Crippen LogP contribution < -0.4 is 5.30 Å². The van der Waals surface area contributed by atoms with Gasteiger partial charge < -0.3 is 0 Å². The van der Waals surface area contributed by atoms with Crippen molar-refractivity contribution in [1.82, 2.24) is 0 Å². The SMILES string of the molecule is CCCCCC/C=C\P(c1ccccc1)C(C)(C)C.[B]. The molecule has 3 radical (unpaired) electrons. The first kappa shape index (κ1) is 19.5. The minimum Gasteiger partial charge on any atom is -0.0837 e. The van der Waals surface area contributed by atoms with E-state index in [1.807, 2.05) is 0 Å². The smallest absolute Gasteiger partial charge is 0 e. The molecule has 20 heavy (non-hydrogen) atoms. The van der Waals surface area contributed by atoms with E-state index in [2.05, 4.69) is 69.9 Å². The molecule has 0 amide bonds. The molecule has 0 saturated heterocycles. The van der Waals surface area contributed by atoms with Crippen molar-refractivity contribution in [3.63, 3.8) is 0 Å². The van der Waals surface area contributed by atoms with Crippen LogP contribution in [0.5, 0.6) is 0 Å². The summed E-state index contributed by atoms with van der Waals surface area (Å²) in [4.78, 5) is 0. The van der Waals surface area contributed by atoms with Crippen LogP contribution in [0.1, 0.15) is 59.8 Å². The number of hydrogen-bond donors (Lipinski definition) is 0. The fourth-order valence-corrected chi connectivity index (χ4v) is 4.40. The Morgan fingerprint density at radius 1 is 1.00 bits per heavy atom. The van der Waals surface area contributed by atoms with Gasteiger partial charge in [-0.05, 0) is 31.2 Å². The molecule has 0 fully saturated rings. The third-order valence-electron chi connectivity index (χ3n) is 3.24. The van der Waals surface area contributed by atoms with Crippen molar-refractivity contribution in [2.75, 3.05) is 0 Å². The molecule has 1 unspecified atom stereocenters. The van der Waals surface area contributed by atoms with Gasteiger partial charge in [0.15, 0.2) is 0 Å². The molecule has 0 aliphatic heterocycles. The van der Waals surface area contributed by atoms with Crippen molar-refractivity contribution in [1.29, 1.82) is 0 Å². The zero-order valence-corrected chi connectivity index (χ0v) is 14.5. The maximum atomic E-state index is 2.48. The minimum absolute atomic E-state index is 0. The summed E-state index contributed by atoms with van der Waals surface area (Å²) in [6.07, 6.45) is 9.07. The van der Waals surface area contributed by atoms with Crippen LogP contribution in [0.25, 0.3) is 0 Å². The Morgan fingerprint density at radius 2 is 1.65 bits per heavy atom. The van der Waals surface area contributed by atoms with E-state index in [0.717, 1.165) is 0 Å². The Kier molecular flexibility index (Phi) is 9.94. The van der Waals surface area contributed by atoms with E-state index in [-0.39, 0.29) is 16.3 Å². The van der Waals surface area contributed by atoms with Crippen molar-refractivity contribution in [3.8, 4) is 0 Å². The highest BCUT2D eigenvalue weighted by Gasteiger charge is 2.22. The summed E-state index contributed by atoms with van der Waals surface area (Å²) in [5.41, 5.74) is 0. The third kappa shape index (κ3) is 7.29. The van der Waals surface area contributed by atoms with Gasteiger partial charge in [0.25, 0.3) is 0 Å². The van der Waals surface area contributed by atoms with E-state index in [9.17, 15) is 0 Å². The normalized spacial score (nSPS) is 13.2. The summed E-state index contributed by atoms with van der Waals surface area (Å²) in [5.74, 6) is 2.48. The second kappa shape index (κ2) is 10.2. The maximum absolute atomic E-state index is 2.48. The van der Waals surface area contributed by atoms with Crippen molar-refractivity contribution in [2.24, 2.45) is 0 Å². The summed E-state index contributed by atoms with van der Waals surface area (Å²) in [6, 6.07) is 11.0. The van der Waals surface area contributed by atoms with Gasteiger partial charge in [0.1, 0.15) is 0 Å². The first-order chi connectivity index (χ1) is 9.05. The molecule has 1 atom stereocenters. The number of benzene rings is 1. The van der Waals surface area contributed by atoms with Crippen LogP contribution in [0.15, 0.2) is 42.2 Å². The zero-order valence-electron chi connectivity index (χ0n) is 13.6. The van der Waals surface area contributed by atoms with Crippen molar-refractivity contribution in [2.45, 2.75) is 65.0 Å². The molecule has 1 aromatic carbocycles. The highest BCUT2D eigenvalue weighted by molar-refractivity contribution is 7.70. The summed E-state index contributed by atoms with van der Waals surface area (Å²) in [6.45, 7) is 9.33. The first-order valence-corrected chi connectivity index (χ1v) is 8.98. The molecule has 1 rings (SSSR count). The summed E-state index contributed by atoms with van der Waals surface area (Å²) < 4.78 is 0. The van der Waals surface area contributed by atoms with E-state index in [4.69, 9.17) is 0 Å². The van der Waals surface area contributed by atoms with Crippen molar-refractivity contribution >= 4 is 21.6 Å². The molecule has 109 valence electrons. The van der Waals surface area contributed by atoms with E-state index in [1.165, 1.54) is 37.4 Å². The lowest BCUT2D eigenvalue weighted by Gasteiger charge is -2.29. The lowest BCUT2D eigenvalue weighted by Crippen LogP contribution is -2.17. The Balaban J connectivity index is 0.00000361. The van der Waals surface area contributed by atoms with Crippen molar-refractivity contribution < 1.29 is 0 Å². The van der Waals surface area contributed by atoms with Crippen LogP contribution in [-0.2, 0) is 0 Å². The monoisotopic (exact) mass is 287 g/mol.